The van der Waals surface area contributed by atoms with Crippen molar-refractivity contribution in [1.29, 1.82) is 0 Å². The van der Waals surface area contributed by atoms with Crippen LogP contribution in [0.5, 0.6) is 0 Å². The molecule has 0 nitrogen and oxygen atoms in total. The first-order chi connectivity index (χ1) is 5.08. The average molecular weight is 171 g/mol. The highest BCUT2D eigenvalue weighted by Gasteiger charge is 2.19. The van der Waals surface area contributed by atoms with Gasteiger partial charge < -0.3 is 0 Å². The molecule has 1 rings (SSSR count). The van der Waals surface area contributed by atoms with E-state index in [1.165, 1.54) is 31.4 Å². The maximum absolute atomic E-state index is 2.30. The van der Waals surface area contributed by atoms with E-state index in [1.807, 2.05) is 0 Å². The smallest absolute Gasteiger partial charge is 0.00753 e. The van der Waals surface area contributed by atoms with E-state index in [4.69, 9.17) is 0 Å². The second-order valence-electron chi connectivity index (χ2n) is 4.36. The lowest BCUT2D eigenvalue weighted by molar-refractivity contribution is 0.798. The van der Waals surface area contributed by atoms with Crippen molar-refractivity contribution in [2.45, 2.75) is 51.2 Å². The van der Waals surface area contributed by atoms with E-state index >= 15 is 0 Å². The van der Waals surface area contributed by atoms with Crippen molar-refractivity contribution in [3.8, 4) is 0 Å². The summed E-state index contributed by atoms with van der Waals surface area (Å²) in [6.45, 7) is 6.90. The fraction of sp³-hybridized carbons (Fsp3) is 0.900. The molecule has 0 saturated heterocycles. The van der Waals surface area contributed by atoms with Crippen LogP contribution < -0.4 is 0 Å². The van der Waals surface area contributed by atoms with Gasteiger partial charge in [-0.1, -0.05) is 33.6 Å². The average Bonchev–Trinajstić information content (AvgIpc) is 2.32. The van der Waals surface area contributed by atoms with Gasteiger partial charge in [0.1, 0.15) is 0 Å². The zero-order valence-corrected chi connectivity index (χ0v) is 8.76. The van der Waals surface area contributed by atoms with E-state index in [1.54, 1.807) is 5.92 Å². The summed E-state index contributed by atoms with van der Waals surface area (Å²) < 4.78 is 0.454. The Bertz CT molecular complexity index is 107. The summed E-state index contributed by atoms with van der Waals surface area (Å²) in [5.74, 6) is 3.11. The van der Waals surface area contributed by atoms with Gasteiger partial charge in [-0.05, 0) is 18.8 Å². The van der Waals surface area contributed by atoms with Crippen LogP contribution in [0.3, 0.4) is 0 Å². The molecule has 0 heterocycles. The van der Waals surface area contributed by atoms with Gasteiger partial charge in [0.2, 0.25) is 0 Å². The minimum absolute atomic E-state index is 0.454. The molecule has 0 aromatic heterocycles. The largest absolute Gasteiger partial charge is 0.155 e. The lowest BCUT2D eigenvalue weighted by atomic mass is 10.1. The SMILES string of the molecule is CC(C)(C)SC[C]1CCCC1. The van der Waals surface area contributed by atoms with E-state index in [0.717, 1.165) is 0 Å². The molecule has 65 valence electrons. The predicted octanol–water partition coefficient (Wildman–Crippen LogP) is 3.67. The molecular weight excluding hydrogens is 152 g/mol. The van der Waals surface area contributed by atoms with Crippen LogP contribution in [0.25, 0.3) is 0 Å². The third-order valence-electron chi connectivity index (χ3n) is 2.02. The summed E-state index contributed by atoms with van der Waals surface area (Å²) in [7, 11) is 0. The van der Waals surface area contributed by atoms with E-state index in [2.05, 4.69) is 32.5 Å². The molecule has 0 spiro atoms. The second kappa shape index (κ2) is 3.84. The van der Waals surface area contributed by atoms with Crippen LogP contribution in [-0.4, -0.2) is 10.5 Å². The maximum Gasteiger partial charge on any atom is 0.00753 e. The highest BCUT2D eigenvalue weighted by atomic mass is 32.2. The zero-order chi connectivity index (χ0) is 8.32. The normalized spacial score (nSPS) is 21.0. The predicted molar refractivity (Wildman–Crippen MR) is 53.9 cm³/mol. The fourth-order valence-electron chi connectivity index (χ4n) is 1.34. The number of thioether (sulfide) groups is 1. The molecule has 1 saturated carbocycles. The van der Waals surface area contributed by atoms with E-state index < -0.39 is 0 Å². The molecule has 11 heavy (non-hydrogen) atoms. The Morgan fingerprint density at radius 1 is 1.18 bits per heavy atom. The van der Waals surface area contributed by atoms with Crippen molar-refractivity contribution in [1.82, 2.24) is 0 Å². The van der Waals surface area contributed by atoms with Gasteiger partial charge >= 0.3 is 0 Å². The van der Waals surface area contributed by atoms with Crippen molar-refractivity contribution in [2.75, 3.05) is 5.75 Å². The molecule has 1 fully saturated rings. The summed E-state index contributed by atoms with van der Waals surface area (Å²) >= 11 is 2.09. The molecule has 0 aromatic rings. The first-order valence-corrected chi connectivity index (χ1v) is 5.54. The Labute approximate surface area is 75.1 Å². The highest BCUT2D eigenvalue weighted by Crippen LogP contribution is 2.34. The van der Waals surface area contributed by atoms with Crippen molar-refractivity contribution >= 4 is 11.8 Å². The molecule has 1 heteroatoms. The zero-order valence-electron chi connectivity index (χ0n) is 7.94. The van der Waals surface area contributed by atoms with Gasteiger partial charge in [0.05, 0.1) is 0 Å². The molecular formula is C10H19S. The van der Waals surface area contributed by atoms with E-state index in [-0.39, 0.29) is 0 Å². The van der Waals surface area contributed by atoms with Gasteiger partial charge in [-0.15, -0.1) is 0 Å². The lowest BCUT2D eigenvalue weighted by Crippen LogP contribution is -2.10. The van der Waals surface area contributed by atoms with Crippen LogP contribution in [0, 0.1) is 5.92 Å². The molecule has 1 aliphatic rings. The third kappa shape index (κ3) is 4.05. The molecule has 0 atom stereocenters. The minimum atomic E-state index is 0.454. The van der Waals surface area contributed by atoms with Crippen LogP contribution >= 0.6 is 11.8 Å². The minimum Gasteiger partial charge on any atom is -0.155 e. The second-order valence-corrected chi connectivity index (χ2v) is 6.16. The molecule has 0 aromatic carbocycles. The van der Waals surface area contributed by atoms with Gasteiger partial charge in [0, 0.05) is 10.5 Å². The Morgan fingerprint density at radius 2 is 1.73 bits per heavy atom. The van der Waals surface area contributed by atoms with Crippen LogP contribution in [0.15, 0.2) is 0 Å². The lowest BCUT2D eigenvalue weighted by Gasteiger charge is -2.19. The van der Waals surface area contributed by atoms with Crippen molar-refractivity contribution < 1.29 is 0 Å². The van der Waals surface area contributed by atoms with E-state index in [9.17, 15) is 0 Å². The monoisotopic (exact) mass is 171 g/mol. The Hall–Kier alpha value is 0.350. The molecule has 0 aliphatic heterocycles. The van der Waals surface area contributed by atoms with Crippen molar-refractivity contribution in [3.05, 3.63) is 5.92 Å². The standard InChI is InChI=1S/C10H19S/c1-10(2,3)11-8-9-6-4-5-7-9/h4-8H2,1-3H3. The van der Waals surface area contributed by atoms with Crippen LogP contribution in [0.1, 0.15) is 46.5 Å². The van der Waals surface area contributed by atoms with Crippen molar-refractivity contribution in [3.63, 3.8) is 0 Å². The van der Waals surface area contributed by atoms with Gasteiger partial charge in [-0.2, -0.15) is 11.8 Å². The summed E-state index contributed by atoms with van der Waals surface area (Å²) in [6.07, 6.45) is 5.70. The molecule has 1 radical (unpaired) electrons. The Kier molecular flexibility index (Phi) is 3.29. The summed E-state index contributed by atoms with van der Waals surface area (Å²) in [4.78, 5) is 0. The third-order valence-corrected chi connectivity index (χ3v) is 3.44. The molecule has 1 aliphatic carbocycles. The van der Waals surface area contributed by atoms with Gasteiger partial charge in [-0.3, -0.25) is 0 Å². The number of hydrogen-bond acceptors (Lipinski definition) is 1. The quantitative estimate of drug-likeness (QED) is 0.611. The topological polar surface area (TPSA) is 0 Å². The van der Waals surface area contributed by atoms with Crippen LogP contribution in [0.2, 0.25) is 0 Å². The first-order valence-electron chi connectivity index (χ1n) is 4.55. The summed E-state index contributed by atoms with van der Waals surface area (Å²) in [5, 5.41) is 0. The maximum atomic E-state index is 2.30. The molecule has 0 amide bonds. The van der Waals surface area contributed by atoms with E-state index in [0.29, 0.717) is 4.75 Å². The van der Waals surface area contributed by atoms with Crippen LogP contribution in [-0.2, 0) is 0 Å². The Balaban J connectivity index is 2.11. The molecule has 0 N–H and O–H groups in total. The number of hydrogen-bond donors (Lipinski definition) is 0. The molecule has 0 unspecified atom stereocenters. The Morgan fingerprint density at radius 3 is 2.18 bits per heavy atom. The summed E-state index contributed by atoms with van der Waals surface area (Å²) in [6, 6.07) is 0. The summed E-state index contributed by atoms with van der Waals surface area (Å²) in [5.41, 5.74) is 0. The van der Waals surface area contributed by atoms with Crippen molar-refractivity contribution in [2.24, 2.45) is 0 Å². The highest BCUT2D eigenvalue weighted by molar-refractivity contribution is 8.00. The fourth-order valence-corrected chi connectivity index (χ4v) is 2.26. The molecule has 0 bridgehead atoms. The van der Waals surface area contributed by atoms with Gasteiger partial charge in [0.15, 0.2) is 0 Å². The van der Waals surface area contributed by atoms with Gasteiger partial charge in [0.25, 0.3) is 0 Å². The van der Waals surface area contributed by atoms with Crippen LogP contribution in [0.4, 0.5) is 0 Å². The number of rotatable bonds is 2. The first kappa shape index (κ1) is 9.44. The van der Waals surface area contributed by atoms with Gasteiger partial charge in [-0.25, -0.2) is 0 Å².